The molecular formula is C37H72ClN9. The predicted molar refractivity (Wildman–Crippen MR) is 202 cm³/mol. The number of aromatic nitrogens is 3. The van der Waals surface area contributed by atoms with Gasteiger partial charge in [-0.3, -0.25) is 0 Å². The lowest BCUT2D eigenvalue weighted by Gasteiger charge is -2.50. The van der Waals surface area contributed by atoms with Crippen LogP contribution in [0.2, 0.25) is 5.28 Å². The molecule has 2 aliphatic heterocycles. The normalized spacial score (nSPS) is 21.0. The zero-order chi connectivity index (χ0) is 35.0. The minimum atomic E-state index is 0.00863. The molecule has 0 bridgehead atoms. The van der Waals surface area contributed by atoms with E-state index in [0.29, 0.717) is 17.4 Å². The molecule has 2 N–H and O–H groups in total. The van der Waals surface area contributed by atoms with Crippen LogP contribution in [0.1, 0.15) is 134 Å². The molecule has 47 heavy (non-hydrogen) atoms. The maximum Gasteiger partial charge on any atom is 0.231 e. The lowest BCUT2D eigenvalue weighted by Crippen LogP contribution is -2.63. The van der Waals surface area contributed by atoms with E-state index in [2.05, 4.69) is 113 Å². The highest BCUT2D eigenvalue weighted by Crippen LogP contribution is 2.36. The summed E-state index contributed by atoms with van der Waals surface area (Å²) in [4.78, 5) is 25.1. The van der Waals surface area contributed by atoms with Crippen molar-refractivity contribution in [2.24, 2.45) is 0 Å². The molecular weight excluding hydrogens is 606 g/mol. The van der Waals surface area contributed by atoms with E-state index >= 15 is 0 Å². The van der Waals surface area contributed by atoms with E-state index in [1.165, 1.54) is 0 Å². The summed E-state index contributed by atoms with van der Waals surface area (Å²) in [5.41, 5.74) is 0.0345. The first kappa shape index (κ1) is 40.2. The minimum absolute atomic E-state index is 0.00863. The first-order chi connectivity index (χ1) is 21.9. The highest BCUT2D eigenvalue weighted by molar-refractivity contribution is 6.28. The van der Waals surface area contributed by atoms with Crippen molar-refractivity contribution >= 4 is 23.5 Å². The van der Waals surface area contributed by atoms with E-state index in [4.69, 9.17) is 26.6 Å². The molecule has 0 saturated carbocycles. The number of anilines is 2. The van der Waals surface area contributed by atoms with Crippen LogP contribution in [0.3, 0.4) is 0 Å². The number of piperidine rings is 2. The van der Waals surface area contributed by atoms with Gasteiger partial charge in [0.1, 0.15) is 0 Å². The van der Waals surface area contributed by atoms with Gasteiger partial charge in [-0.2, -0.15) is 15.0 Å². The molecule has 1 aromatic rings. The van der Waals surface area contributed by atoms with Crippen LogP contribution >= 0.6 is 11.6 Å². The molecule has 3 rings (SSSR count). The summed E-state index contributed by atoms with van der Waals surface area (Å²) in [7, 11) is 0. The van der Waals surface area contributed by atoms with Gasteiger partial charge in [-0.05, 0) is 158 Å². The summed E-state index contributed by atoms with van der Waals surface area (Å²) >= 11 is 6.87. The second-order valence-electron chi connectivity index (χ2n) is 17.0. The first-order valence-corrected chi connectivity index (χ1v) is 19.3. The molecule has 10 heteroatoms. The summed E-state index contributed by atoms with van der Waals surface area (Å²) in [5.74, 6) is 1.48. The van der Waals surface area contributed by atoms with Crippen LogP contribution in [-0.2, 0) is 0 Å². The fraction of sp³-hybridized carbons (Fsp3) is 0.919. The quantitative estimate of drug-likeness (QED) is 0.160. The first-order valence-electron chi connectivity index (χ1n) is 18.9. The highest BCUT2D eigenvalue weighted by atomic mass is 35.5. The lowest BCUT2D eigenvalue weighted by molar-refractivity contribution is 0.157. The van der Waals surface area contributed by atoms with Crippen LogP contribution in [0.25, 0.3) is 0 Å². The third-order valence-electron chi connectivity index (χ3n) is 10.4. The summed E-state index contributed by atoms with van der Waals surface area (Å²) in [5, 5.41) is 8.06. The standard InChI is InChI=1S/C37H72ClN9/c1-13-44(14-2)21-17-19-23-46(29-25-34(5,6)42-35(7,8)26-29)32-39-31(38)40-33(41-32)47(24-20-18-22-45(15-3)16-4)30-27-36(9,10)43-37(11,12)28-30/h29-30,42-43H,13-28H2,1-12H3. The van der Waals surface area contributed by atoms with Gasteiger partial charge in [0.25, 0.3) is 0 Å². The van der Waals surface area contributed by atoms with E-state index in [1.54, 1.807) is 0 Å². The summed E-state index contributed by atoms with van der Waals surface area (Å²) < 4.78 is 0. The molecule has 0 amide bonds. The number of unbranched alkanes of at least 4 members (excludes halogenated alkanes) is 2. The van der Waals surface area contributed by atoms with Crippen molar-refractivity contribution in [2.75, 3.05) is 62.2 Å². The lowest BCUT2D eigenvalue weighted by atomic mass is 9.79. The van der Waals surface area contributed by atoms with Gasteiger partial charge >= 0.3 is 0 Å². The number of hydrogen-bond acceptors (Lipinski definition) is 9. The van der Waals surface area contributed by atoms with Gasteiger partial charge in [0.15, 0.2) is 0 Å². The molecule has 9 nitrogen and oxygen atoms in total. The van der Waals surface area contributed by atoms with Crippen molar-refractivity contribution in [3.8, 4) is 0 Å². The molecule has 0 atom stereocenters. The molecule has 0 aliphatic carbocycles. The van der Waals surface area contributed by atoms with Gasteiger partial charge in [0, 0.05) is 47.3 Å². The Balaban J connectivity index is 1.98. The van der Waals surface area contributed by atoms with Crippen LogP contribution < -0.4 is 20.4 Å². The van der Waals surface area contributed by atoms with E-state index in [-0.39, 0.29) is 22.2 Å². The Morgan fingerprint density at radius 3 is 1.13 bits per heavy atom. The summed E-state index contributed by atoms with van der Waals surface area (Å²) in [6, 6.07) is 0.612. The molecule has 3 heterocycles. The van der Waals surface area contributed by atoms with Gasteiger partial charge in [-0.25, -0.2) is 0 Å². The van der Waals surface area contributed by atoms with Crippen LogP contribution in [0.5, 0.6) is 0 Å². The number of nitrogens with one attached hydrogen (secondary N) is 2. The van der Waals surface area contributed by atoms with Gasteiger partial charge in [0.2, 0.25) is 17.2 Å². The molecule has 0 unspecified atom stereocenters. The third-order valence-corrected chi connectivity index (χ3v) is 10.5. The van der Waals surface area contributed by atoms with Crippen LogP contribution in [0, 0.1) is 0 Å². The molecule has 2 aliphatic rings. The monoisotopic (exact) mass is 678 g/mol. The Morgan fingerprint density at radius 1 is 0.532 bits per heavy atom. The molecule has 1 aromatic heterocycles. The molecule has 0 spiro atoms. The zero-order valence-electron chi connectivity index (χ0n) is 32.5. The summed E-state index contributed by atoms with van der Waals surface area (Å²) in [6.07, 6.45) is 8.58. The van der Waals surface area contributed by atoms with E-state index in [0.717, 1.165) is 116 Å². The average molecular weight is 678 g/mol. The average Bonchev–Trinajstić information content (AvgIpc) is 2.93. The van der Waals surface area contributed by atoms with Crippen molar-refractivity contribution in [3.05, 3.63) is 5.28 Å². The number of rotatable bonds is 18. The fourth-order valence-electron chi connectivity index (χ4n) is 8.77. The van der Waals surface area contributed by atoms with E-state index < -0.39 is 0 Å². The van der Waals surface area contributed by atoms with Crippen LogP contribution in [-0.4, -0.2) is 111 Å². The van der Waals surface area contributed by atoms with Crippen molar-refractivity contribution in [3.63, 3.8) is 0 Å². The topological polar surface area (TPSA) is 75.7 Å². The molecule has 2 fully saturated rings. The molecule has 272 valence electrons. The predicted octanol–water partition coefficient (Wildman–Crippen LogP) is 7.00. The largest absolute Gasteiger partial charge is 0.338 e. The van der Waals surface area contributed by atoms with Gasteiger partial charge in [0.05, 0.1) is 0 Å². The smallest absolute Gasteiger partial charge is 0.231 e. The van der Waals surface area contributed by atoms with Crippen LogP contribution in [0.15, 0.2) is 0 Å². The van der Waals surface area contributed by atoms with Crippen molar-refractivity contribution in [2.45, 2.75) is 169 Å². The van der Waals surface area contributed by atoms with Crippen molar-refractivity contribution < 1.29 is 0 Å². The van der Waals surface area contributed by atoms with E-state index in [1.807, 2.05) is 0 Å². The molecule has 0 radical (unpaired) electrons. The highest BCUT2D eigenvalue weighted by Gasteiger charge is 2.42. The van der Waals surface area contributed by atoms with E-state index in [9.17, 15) is 0 Å². The zero-order valence-corrected chi connectivity index (χ0v) is 33.2. The van der Waals surface area contributed by atoms with Gasteiger partial charge in [-0.15, -0.1) is 0 Å². The SMILES string of the molecule is CCN(CC)CCCCN(c1nc(Cl)nc(N(CCCCN(CC)CC)C2CC(C)(C)NC(C)(C)C2)n1)C1CC(C)(C)NC(C)(C)C1. The second-order valence-corrected chi connectivity index (χ2v) is 17.3. The Bertz CT molecular complexity index is 971. The van der Waals surface area contributed by atoms with Crippen molar-refractivity contribution in [1.82, 2.24) is 35.4 Å². The van der Waals surface area contributed by atoms with Gasteiger partial charge < -0.3 is 30.2 Å². The fourth-order valence-corrected chi connectivity index (χ4v) is 8.92. The van der Waals surface area contributed by atoms with Crippen LogP contribution in [0.4, 0.5) is 11.9 Å². The summed E-state index contributed by atoms with van der Waals surface area (Å²) in [6.45, 7) is 36.1. The molecule has 2 saturated heterocycles. The number of nitrogens with zero attached hydrogens (tertiary/aromatic N) is 7. The second kappa shape index (κ2) is 17.1. The minimum Gasteiger partial charge on any atom is -0.338 e. The van der Waals surface area contributed by atoms with Gasteiger partial charge in [-0.1, -0.05) is 27.7 Å². The van der Waals surface area contributed by atoms with Crippen molar-refractivity contribution in [1.29, 1.82) is 0 Å². The third kappa shape index (κ3) is 12.5. The maximum absolute atomic E-state index is 6.87. The Hall–Kier alpha value is -1.26. The molecule has 0 aromatic carbocycles. The Labute approximate surface area is 294 Å². The maximum atomic E-state index is 6.87. The Morgan fingerprint density at radius 2 is 0.830 bits per heavy atom. The number of hydrogen-bond donors (Lipinski definition) is 2. The number of halogens is 1. The Kier molecular flexibility index (Phi) is 14.6.